The molecular weight excluding hydrogens is 427 g/mol. The van der Waals surface area contributed by atoms with Crippen LogP contribution in [0.25, 0.3) is 0 Å². The Morgan fingerprint density at radius 3 is 2.23 bits per heavy atom. The zero-order chi connectivity index (χ0) is 21.7. The van der Waals surface area contributed by atoms with Crippen LogP contribution < -0.4 is 14.8 Å². The molecule has 1 aliphatic rings. The van der Waals surface area contributed by atoms with E-state index in [1.54, 1.807) is 55.5 Å². The lowest BCUT2D eigenvalue weighted by molar-refractivity contribution is -0.126. The number of ether oxygens (including phenoxy) is 2. The number of hydrogen-bond donors (Lipinski definition) is 1. The summed E-state index contributed by atoms with van der Waals surface area (Å²) < 4.78 is 10.5. The number of halogens is 2. The predicted octanol–water partition coefficient (Wildman–Crippen LogP) is 4.18. The van der Waals surface area contributed by atoms with Crippen molar-refractivity contribution in [3.63, 3.8) is 0 Å². The lowest BCUT2D eigenvalue weighted by Crippen LogP contribution is -2.43. The molecule has 8 heteroatoms. The molecule has 160 valence electrons. The van der Waals surface area contributed by atoms with E-state index in [-0.39, 0.29) is 17.7 Å². The number of hydrogen-bond acceptors (Lipinski definition) is 4. The summed E-state index contributed by atoms with van der Waals surface area (Å²) in [5.41, 5.74) is 1.32. The zero-order valence-corrected chi connectivity index (χ0v) is 18.4. The highest BCUT2D eigenvalue weighted by atomic mass is 35.5. The normalized spacial score (nSPS) is 14.3. The molecule has 3 rings (SSSR count). The van der Waals surface area contributed by atoms with Crippen LogP contribution in [0.5, 0.6) is 11.5 Å². The molecule has 0 radical (unpaired) electrons. The van der Waals surface area contributed by atoms with Crippen LogP contribution in [0.15, 0.2) is 36.4 Å². The average Bonchev–Trinajstić information content (AvgIpc) is 2.77. The molecule has 0 atom stereocenters. The Kier molecular flexibility index (Phi) is 7.45. The maximum Gasteiger partial charge on any atom is 0.254 e. The van der Waals surface area contributed by atoms with Gasteiger partial charge in [-0.25, -0.2) is 0 Å². The van der Waals surface area contributed by atoms with Crippen LogP contribution in [-0.4, -0.2) is 44.0 Å². The predicted molar refractivity (Wildman–Crippen MR) is 116 cm³/mol. The molecule has 1 fully saturated rings. The number of nitrogens with one attached hydrogen (secondary N) is 1. The number of likely N-dealkylation sites (tertiary alicyclic amines) is 1. The van der Waals surface area contributed by atoms with Gasteiger partial charge in [0.2, 0.25) is 5.91 Å². The smallest absolute Gasteiger partial charge is 0.254 e. The summed E-state index contributed by atoms with van der Waals surface area (Å²) in [5, 5.41) is 4.01. The van der Waals surface area contributed by atoms with Crippen molar-refractivity contribution in [2.75, 3.05) is 27.3 Å². The van der Waals surface area contributed by atoms with Gasteiger partial charge in [0.25, 0.3) is 5.91 Å². The first-order valence-electron chi connectivity index (χ1n) is 9.65. The van der Waals surface area contributed by atoms with E-state index in [1.165, 1.54) is 0 Å². The van der Waals surface area contributed by atoms with Gasteiger partial charge in [-0.2, -0.15) is 0 Å². The minimum atomic E-state index is -0.139. The molecule has 0 saturated carbocycles. The first kappa shape index (κ1) is 22.2. The Hall–Kier alpha value is -2.44. The van der Waals surface area contributed by atoms with Gasteiger partial charge in [0.15, 0.2) is 0 Å². The molecule has 0 unspecified atom stereocenters. The van der Waals surface area contributed by atoms with Crippen molar-refractivity contribution in [1.29, 1.82) is 0 Å². The van der Waals surface area contributed by atoms with Crippen molar-refractivity contribution in [1.82, 2.24) is 10.2 Å². The molecule has 6 nitrogen and oxygen atoms in total. The quantitative estimate of drug-likeness (QED) is 0.716. The third-order valence-corrected chi connectivity index (χ3v) is 5.81. The Morgan fingerprint density at radius 1 is 1.03 bits per heavy atom. The third kappa shape index (κ3) is 5.37. The van der Waals surface area contributed by atoms with Crippen molar-refractivity contribution in [3.8, 4) is 11.5 Å². The van der Waals surface area contributed by atoms with Crippen molar-refractivity contribution in [3.05, 3.63) is 57.6 Å². The van der Waals surface area contributed by atoms with E-state index in [2.05, 4.69) is 5.32 Å². The number of methoxy groups -OCH3 is 2. The maximum absolute atomic E-state index is 12.9. The second kappa shape index (κ2) is 10.0. The second-order valence-corrected chi connectivity index (χ2v) is 7.96. The van der Waals surface area contributed by atoms with E-state index in [0.29, 0.717) is 59.6 Å². The fraction of sp³-hybridized carbons (Fsp3) is 0.364. The largest absolute Gasteiger partial charge is 0.497 e. The van der Waals surface area contributed by atoms with Crippen LogP contribution in [0.3, 0.4) is 0 Å². The van der Waals surface area contributed by atoms with Gasteiger partial charge in [0.05, 0.1) is 14.2 Å². The SMILES string of the molecule is COc1cc(OC)cc(C(=O)N2CCC(C(=O)NCc3ccc(Cl)cc3Cl)CC2)c1. The number of carbonyl (C=O) groups excluding carboxylic acids is 2. The van der Waals surface area contributed by atoms with Crippen LogP contribution in [0.4, 0.5) is 0 Å². The van der Waals surface area contributed by atoms with Crippen LogP contribution in [0.2, 0.25) is 10.0 Å². The van der Waals surface area contributed by atoms with Crippen LogP contribution in [0.1, 0.15) is 28.8 Å². The Bertz CT molecular complexity index is 905. The summed E-state index contributed by atoms with van der Waals surface area (Å²) in [6.07, 6.45) is 1.21. The average molecular weight is 451 g/mol. The van der Waals surface area contributed by atoms with Crippen molar-refractivity contribution < 1.29 is 19.1 Å². The Labute approximate surface area is 186 Å². The summed E-state index contributed by atoms with van der Waals surface area (Å²) in [4.78, 5) is 27.2. The molecule has 2 aromatic carbocycles. The van der Waals surface area contributed by atoms with Gasteiger partial charge in [-0.3, -0.25) is 9.59 Å². The van der Waals surface area contributed by atoms with Gasteiger partial charge in [0.1, 0.15) is 11.5 Å². The molecule has 1 heterocycles. The van der Waals surface area contributed by atoms with Crippen LogP contribution >= 0.6 is 23.2 Å². The Balaban J connectivity index is 1.55. The zero-order valence-electron chi connectivity index (χ0n) is 16.9. The molecular formula is C22H24Cl2N2O4. The maximum atomic E-state index is 12.9. The van der Waals surface area contributed by atoms with E-state index >= 15 is 0 Å². The molecule has 1 N–H and O–H groups in total. The molecule has 1 saturated heterocycles. The van der Waals surface area contributed by atoms with Gasteiger partial charge in [-0.05, 0) is 42.7 Å². The van der Waals surface area contributed by atoms with E-state index < -0.39 is 0 Å². The lowest BCUT2D eigenvalue weighted by atomic mass is 9.95. The van der Waals surface area contributed by atoms with Crippen LogP contribution in [-0.2, 0) is 11.3 Å². The van der Waals surface area contributed by atoms with Gasteiger partial charge in [-0.15, -0.1) is 0 Å². The van der Waals surface area contributed by atoms with Gasteiger partial charge >= 0.3 is 0 Å². The molecule has 0 aromatic heterocycles. The van der Waals surface area contributed by atoms with E-state index in [0.717, 1.165) is 5.56 Å². The van der Waals surface area contributed by atoms with Crippen molar-refractivity contribution >= 4 is 35.0 Å². The van der Waals surface area contributed by atoms with Crippen molar-refractivity contribution in [2.24, 2.45) is 5.92 Å². The summed E-state index contributed by atoms with van der Waals surface area (Å²) in [7, 11) is 3.09. The summed E-state index contributed by atoms with van der Waals surface area (Å²) >= 11 is 12.1. The molecule has 0 spiro atoms. The number of benzene rings is 2. The Morgan fingerprint density at radius 2 is 1.67 bits per heavy atom. The molecule has 30 heavy (non-hydrogen) atoms. The first-order valence-corrected chi connectivity index (χ1v) is 10.4. The minimum Gasteiger partial charge on any atom is -0.497 e. The molecule has 0 aliphatic carbocycles. The first-order chi connectivity index (χ1) is 14.4. The minimum absolute atomic E-state index is 0.0313. The monoisotopic (exact) mass is 450 g/mol. The molecule has 1 aliphatic heterocycles. The number of carbonyl (C=O) groups is 2. The summed E-state index contributed by atoms with van der Waals surface area (Å²) in [6.45, 7) is 1.37. The lowest BCUT2D eigenvalue weighted by Gasteiger charge is -2.31. The van der Waals surface area contributed by atoms with Gasteiger partial charge < -0.3 is 19.7 Å². The van der Waals surface area contributed by atoms with Gasteiger partial charge in [-0.1, -0.05) is 29.3 Å². The van der Waals surface area contributed by atoms with E-state index in [4.69, 9.17) is 32.7 Å². The van der Waals surface area contributed by atoms with E-state index in [9.17, 15) is 9.59 Å². The second-order valence-electron chi connectivity index (χ2n) is 7.12. The number of nitrogens with zero attached hydrogens (tertiary/aromatic N) is 1. The van der Waals surface area contributed by atoms with Crippen molar-refractivity contribution in [2.45, 2.75) is 19.4 Å². The topological polar surface area (TPSA) is 67.9 Å². The highest BCUT2D eigenvalue weighted by Gasteiger charge is 2.28. The molecule has 2 aromatic rings. The third-order valence-electron chi connectivity index (χ3n) is 5.22. The molecule has 2 amide bonds. The number of piperidine rings is 1. The highest BCUT2D eigenvalue weighted by Crippen LogP contribution is 2.26. The standard InChI is InChI=1S/C22H24Cl2N2O4/c1-29-18-9-16(10-19(12-18)30-2)22(28)26-7-5-14(6-8-26)21(27)25-13-15-3-4-17(23)11-20(15)24/h3-4,9-12,14H,5-8,13H2,1-2H3,(H,25,27). The number of rotatable bonds is 6. The number of amides is 2. The summed E-state index contributed by atoms with van der Waals surface area (Å²) in [5.74, 6) is 0.857. The van der Waals surface area contributed by atoms with Gasteiger partial charge in [0, 0.05) is 47.2 Å². The highest BCUT2D eigenvalue weighted by molar-refractivity contribution is 6.35. The fourth-order valence-corrected chi connectivity index (χ4v) is 3.93. The fourth-order valence-electron chi connectivity index (χ4n) is 3.45. The van der Waals surface area contributed by atoms with Crippen LogP contribution in [0, 0.1) is 5.92 Å². The molecule has 0 bridgehead atoms. The van der Waals surface area contributed by atoms with E-state index in [1.807, 2.05) is 0 Å². The summed E-state index contributed by atoms with van der Waals surface area (Å²) in [6, 6.07) is 10.3.